The number of benzene rings is 2. The molecule has 0 bridgehead atoms. The smallest absolute Gasteiger partial charge is 0.273 e. The maximum atomic E-state index is 12.3. The number of hydrogen-bond acceptors (Lipinski definition) is 4. The zero-order valence-electron chi connectivity index (χ0n) is 13.0. The number of rotatable bonds is 2. The zero-order chi connectivity index (χ0) is 16.7. The lowest BCUT2D eigenvalue weighted by Gasteiger charge is -2.12. The zero-order valence-corrected chi connectivity index (χ0v) is 13.0. The second-order valence-electron chi connectivity index (χ2n) is 6.19. The van der Waals surface area contributed by atoms with Gasteiger partial charge in [0, 0.05) is 5.69 Å². The summed E-state index contributed by atoms with van der Waals surface area (Å²) in [6.07, 6.45) is 1.80. The predicted octanol–water partition coefficient (Wildman–Crippen LogP) is 2.14. The monoisotopic (exact) mass is 319 g/mol. The molecular weight excluding hydrogens is 302 g/mol. The molecule has 2 unspecified atom stereocenters. The fraction of sp³-hybridized carbons (Fsp3) is 0.211. The van der Waals surface area contributed by atoms with E-state index in [4.69, 9.17) is 5.73 Å². The first kappa shape index (κ1) is 14.6. The van der Waals surface area contributed by atoms with E-state index in [0.29, 0.717) is 11.3 Å². The average Bonchev–Trinajstić information content (AvgIpc) is 3.09. The molecule has 2 aliphatic rings. The first-order valence-corrected chi connectivity index (χ1v) is 7.99. The number of carbonyl (C=O) groups is 2. The van der Waals surface area contributed by atoms with Crippen LogP contribution in [0.15, 0.2) is 53.5 Å². The number of hydrogen-bond donors (Lipinski definition) is 2. The van der Waals surface area contributed by atoms with E-state index < -0.39 is 11.8 Å². The Kier molecular flexibility index (Phi) is 3.41. The van der Waals surface area contributed by atoms with Gasteiger partial charge in [0.25, 0.3) is 5.91 Å². The fourth-order valence-corrected chi connectivity index (χ4v) is 3.52. The molecule has 5 heteroatoms. The molecule has 1 aliphatic heterocycles. The van der Waals surface area contributed by atoms with Gasteiger partial charge in [-0.15, -0.1) is 0 Å². The van der Waals surface area contributed by atoms with Gasteiger partial charge >= 0.3 is 0 Å². The molecule has 1 fully saturated rings. The number of nitrogens with zero attached hydrogens (tertiary/aromatic N) is 1. The van der Waals surface area contributed by atoms with Gasteiger partial charge in [0.05, 0.1) is 6.04 Å². The number of imide groups is 1. The van der Waals surface area contributed by atoms with Crippen LogP contribution in [0.5, 0.6) is 0 Å². The number of nitrogens with one attached hydrogen (secondary N) is 1. The molecule has 24 heavy (non-hydrogen) atoms. The van der Waals surface area contributed by atoms with Gasteiger partial charge < -0.3 is 5.73 Å². The van der Waals surface area contributed by atoms with Crippen molar-refractivity contribution >= 4 is 23.2 Å². The third-order valence-corrected chi connectivity index (χ3v) is 4.65. The summed E-state index contributed by atoms with van der Waals surface area (Å²) in [5.41, 5.74) is 9.77. The lowest BCUT2D eigenvalue weighted by molar-refractivity contribution is -0.124. The van der Waals surface area contributed by atoms with Gasteiger partial charge in [-0.25, -0.2) is 0 Å². The van der Waals surface area contributed by atoms with Crippen LogP contribution >= 0.6 is 0 Å². The lowest BCUT2D eigenvalue weighted by Crippen LogP contribution is -2.22. The van der Waals surface area contributed by atoms with Crippen LogP contribution in [-0.4, -0.2) is 17.5 Å². The van der Waals surface area contributed by atoms with E-state index in [9.17, 15) is 9.59 Å². The van der Waals surface area contributed by atoms with Gasteiger partial charge in [-0.2, -0.15) is 0 Å². The molecule has 0 saturated carbocycles. The van der Waals surface area contributed by atoms with E-state index in [1.54, 1.807) is 24.3 Å². The van der Waals surface area contributed by atoms with Crippen molar-refractivity contribution in [2.45, 2.75) is 24.8 Å². The quantitative estimate of drug-likeness (QED) is 0.657. The van der Waals surface area contributed by atoms with Gasteiger partial charge in [0.2, 0.25) is 5.91 Å². The Bertz CT molecular complexity index is 872. The summed E-state index contributed by atoms with van der Waals surface area (Å²) in [6.45, 7) is 0. The molecule has 120 valence electrons. The highest BCUT2D eigenvalue weighted by molar-refractivity contribution is 6.52. The minimum Gasteiger partial charge on any atom is -0.399 e. The van der Waals surface area contributed by atoms with Gasteiger partial charge in [0.1, 0.15) is 11.6 Å². The summed E-state index contributed by atoms with van der Waals surface area (Å²) in [7, 11) is 0. The van der Waals surface area contributed by atoms with Crippen LogP contribution in [-0.2, 0) is 16.0 Å². The minimum absolute atomic E-state index is 0.0728. The summed E-state index contributed by atoms with van der Waals surface area (Å²) in [6, 6.07) is 15.1. The number of nitrogens with two attached hydrogens (primary N) is 1. The summed E-state index contributed by atoms with van der Waals surface area (Å²) in [5, 5.41) is 2.38. The molecule has 0 spiro atoms. The molecule has 0 radical (unpaired) electrons. The predicted molar refractivity (Wildman–Crippen MR) is 91.7 cm³/mol. The molecule has 2 aromatic carbocycles. The van der Waals surface area contributed by atoms with Crippen LogP contribution in [0.3, 0.4) is 0 Å². The summed E-state index contributed by atoms with van der Waals surface area (Å²) < 4.78 is 0. The number of fused-ring (bicyclic) bond motifs is 1. The fourth-order valence-electron chi connectivity index (χ4n) is 3.52. The van der Waals surface area contributed by atoms with Crippen LogP contribution in [0.2, 0.25) is 0 Å². The van der Waals surface area contributed by atoms with Crippen LogP contribution in [0, 0.1) is 0 Å². The molecule has 2 amide bonds. The van der Waals surface area contributed by atoms with Gasteiger partial charge in [0.15, 0.2) is 0 Å². The van der Waals surface area contributed by atoms with Crippen molar-refractivity contribution in [2.24, 2.45) is 4.99 Å². The van der Waals surface area contributed by atoms with Gasteiger partial charge in [-0.1, -0.05) is 36.4 Å². The molecule has 3 N–H and O–H groups in total. The topological polar surface area (TPSA) is 84.5 Å². The second-order valence-corrected chi connectivity index (χ2v) is 6.19. The maximum Gasteiger partial charge on any atom is 0.273 e. The van der Waals surface area contributed by atoms with Crippen molar-refractivity contribution < 1.29 is 9.59 Å². The molecule has 4 rings (SSSR count). The molecular formula is C19H17N3O2. The third kappa shape index (κ3) is 2.38. The Hall–Kier alpha value is -2.95. The third-order valence-electron chi connectivity index (χ3n) is 4.65. The van der Waals surface area contributed by atoms with E-state index in [1.165, 1.54) is 5.56 Å². The number of nitrogen functional groups attached to an aromatic ring is 1. The Labute approximate surface area is 139 Å². The van der Waals surface area contributed by atoms with Crippen molar-refractivity contribution in [3.63, 3.8) is 0 Å². The second kappa shape index (κ2) is 5.60. The number of aliphatic imine (C=N–C) groups is 1. The Morgan fingerprint density at radius 3 is 2.75 bits per heavy atom. The molecule has 5 nitrogen and oxygen atoms in total. The first-order valence-electron chi connectivity index (χ1n) is 7.99. The van der Waals surface area contributed by atoms with Crippen molar-refractivity contribution in [3.8, 4) is 0 Å². The van der Waals surface area contributed by atoms with Crippen LogP contribution < -0.4 is 11.1 Å². The van der Waals surface area contributed by atoms with Gasteiger partial charge in [-0.05, 0) is 41.7 Å². The van der Waals surface area contributed by atoms with Crippen molar-refractivity contribution in [3.05, 3.63) is 65.2 Å². The summed E-state index contributed by atoms with van der Waals surface area (Å²) >= 11 is 0. The highest BCUT2D eigenvalue weighted by atomic mass is 16.2. The summed E-state index contributed by atoms with van der Waals surface area (Å²) in [5.74, 6) is -1.43. The van der Waals surface area contributed by atoms with Crippen molar-refractivity contribution in [2.75, 3.05) is 5.73 Å². The standard InChI is InChI=1S/C19H17N3O2/c20-13-6-3-5-12(10-13)16-17(19(24)22-18(16)23)21-15-9-8-11-4-1-2-7-14(11)15/h1-7,10,15-16H,8-9,20H2,(H,22,23,24). The Balaban J connectivity index is 1.75. The summed E-state index contributed by atoms with van der Waals surface area (Å²) in [4.78, 5) is 29.2. The number of anilines is 1. The van der Waals surface area contributed by atoms with Crippen LogP contribution in [0.25, 0.3) is 0 Å². The lowest BCUT2D eigenvalue weighted by atomic mass is 9.95. The minimum atomic E-state index is -0.686. The van der Waals surface area contributed by atoms with Crippen molar-refractivity contribution in [1.82, 2.24) is 5.32 Å². The molecule has 0 aromatic heterocycles. The highest BCUT2D eigenvalue weighted by Crippen LogP contribution is 2.35. The van der Waals surface area contributed by atoms with Crippen molar-refractivity contribution in [1.29, 1.82) is 0 Å². The van der Waals surface area contributed by atoms with E-state index in [-0.39, 0.29) is 17.7 Å². The highest BCUT2D eigenvalue weighted by Gasteiger charge is 2.40. The van der Waals surface area contributed by atoms with E-state index >= 15 is 0 Å². The molecule has 2 atom stereocenters. The Morgan fingerprint density at radius 1 is 1.08 bits per heavy atom. The normalized spacial score (nSPS) is 24.2. The van der Waals surface area contributed by atoms with E-state index in [2.05, 4.69) is 16.4 Å². The first-order chi connectivity index (χ1) is 11.6. The molecule has 1 aliphatic carbocycles. The number of carbonyl (C=O) groups excluding carboxylic acids is 2. The Morgan fingerprint density at radius 2 is 1.92 bits per heavy atom. The number of amides is 2. The van der Waals surface area contributed by atoms with Gasteiger partial charge in [-0.3, -0.25) is 19.9 Å². The molecule has 2 aromatic rings. The molecule has 1 heterocycles. The molecule has 1 saturated heterocycles. The average molecular weight is 319 g/mol. The number of aryl methyl sites for hydroxylation is 1. The van der Waals surface area contributed by atoms with E-state index in [0.717, 1.165) is 18.4 Å². The maximum absolute atomic E-state index is 12.3. The van der Waals surface area contributed by atoms with E-state index in [1.807, 2.05) is 18.2 Å². The van der Waals surface area contributed by atoms with Crippen LogP contribution in [0.1, 0.15) is 35.1 Å². The SMILES string of the molecule is Nc1cccc(C2C(=O)NC(=O)C2=NC2CCc3ccccc32)c1. The van der Waals surface area contributed by atoms with Crippen LogP contribution in [0.4, 0.5) is 5.69 Å². The largest absolute Gasteiger partial charge is 0.399 e.